The normalized spacial score (nSPS) is 25.3. The molecule has 5 heteroatoms. The zero-order valence-electron chi connectivity index (χ0n) is 12.9. The van der Waals surface area contributed by atoms with Crippen LogP contribution in [0.25, 0.3) is 0 Å². The zero-order valence-corrected chi connectivity index (χ0v) is 13.7. The van der Waals surface area contributed by atoms with Crippen LogP contribution in [0.15, 0.2) is 17.5 Å². The number of carbonyl (C=O) groups excluding carboxylic acids is 1. The van der Waals surface area contributed by atoms with Crippen molar-refractivity contribution in [3.63, 3.8) is 0 Å². The third-order valence-electron chi connectivity index (χ3n) is 4.70. The lowest BCUT2D eigenvalue weighted by Crippen LogP contribution is -2.45. The highest BCUT2D eigenvalue weighted by molar-refractivity contribution is 7.09. The summed E-state index contributed by atoms with van der Waals surface area (Å²) in [7, 11) is 3.61. The van der Waals surface area contributed by atoms with Crippen LogP contribution >= 0.6 is 11.3 Å². The topological polar surface area (TPSA) is 32.8 Å². The Bertz CT molecular complexity index is 478. The van der Waals surface area contributed by atoms with Crippen molar-refractivity contribution in [3.05, 3.63) is 22.4 Å². The second-order valence-corrected chi connectivity index (χ2v) is 7.45. The van der Waals surface area contributed by atoms with Gasteiger partial charge in [-0.3, -0.25) is 9.69 Å². The van der Waals surface area contributed by atoms with Gasteiger partial charge < -0.3 is 9.64 Å². The Morgan fingerprint density at radius 2 is 2.19 bits per heavy atom. The molecule has 2 fully saturated rings. The van der Waals surface area contributed by atoms with Gasteiger partial charge in [0.1, 0.15) is 6.10 Å². The van der Waals surface area contributed by atoms with E-state index in [0.717, 1.165) is 45.3 Å². The van der Waals surface area contributed by atoms with Gasteiger partial charge in [0.25, 0.3) is 5.91 Å². The number of amides is 1. The number of ether oxygens (including phenoxy) is 1. The molecule has 2 aliphatic heterocycles. The second kappa shape index (κ2) is 6.07. The summed E-state index contributed by atoms with van der Waals surface area (Å²) in [4.78, 5) is 17.6. The van der Waals surface area contributed by atoms with Gasteiger partial charge >= 0.3 is 0 Å². The molecule has 3 heterocycles. The van der Waals surface area contributed by atoms with Gasteiger partial charge in [-0.05, 0) is 37.1 Å². The first kappa shape index (κ1) is 15.0. The third-order valence-corrected chi connectivity index (χ3v) is 5.56. The molecule has 1 atom stereocenters. The van der Waals surface area contributed by atoms with Crippen LogP contribution in [0, 0.1) is 0 Å². The Hall–Kier alpha value is -0.910. The van der Waals surface area contributed by atoms with Gasteiger partial charge in [-0.1, -0.05) is 6.07 Å². The van der Waals surface area contributed by atoms with Crippen molar-refractivity contribution in [1.82, 2.24) is 9.80 Å². The molecule has 21 heavy (non-hydrogen) atoms. The molecule has 2 aliphatic rings. The molecular formula is C16H24N2O2S. The van der Waals surface area contributed by atoms with E-state index in [-0.39, 0.29) is 17.6 Å². The molecule has 0 aromatic carbocycles. The van der Waals surface area contributed by atoms with E-state index in [2.05, 4.69) is 22.4 Å². The van der Waals surface area contributed by atoms with Crippen LogP contribution in [-0.4, -0.2) is 54.6 Å². The quantitative estimate of drug-likeness (QED) is 0.859. The number of nitrogens with zero attached hydrogens (tertiary/aromatic N) is 2. The van der Waals surface area contributed by atoms with Gasteiger partial charge in [-0.25, -0.2) is 0 Å². The monoisotopic (exact) mass is 308 g/mol. The fourth-order valence-electron chi connectivity index (χ4n) is 3.39. The maximum Gasteiger partial charge on any atom is 0.251 e. The minimum Gasteiger partial charge on any atom is -0.362 e. The van der Waals surface area contributed by atoms with Gasteiger partial charge in [0, 0.05) is 38.6 Å². The van der Waals surface area contributed by atoms with Crippen LogP contribution in [-0.2, 0) is 16.1 Å². The average molecular weight is 308 g/mol. The number of piperidine rings is 1. The molecule has 0 unspecified atom stereocenters. The van der Waals surface area contributed by atoms with Crippen molar-refractivity contribution in [2.75, 3.05) is 27.2 Å². The minimum atomic E-state index is -0.219. The summed E-state index contributed by atoms with van der Waals surface area (Å²) in [6.45, 7) is 3.19. The van der Waals surface area contributed by atoms with Gasteiger partial charge in [0.15, 0.2) is 0 Å². The highest BCUT2D eigenvalue weighted by Gasteiger charge is 2.44. The van der Waals surface area contributed by atoms with E-state index < -0.39 is 0 Å². The first-order valence-electron chi connectivity index (χ1n) is 7.72. The fraction of sp³-hybridized carbons (Fsp3) is 0.688. The van der Waals surface area contributed by atoms with Gasteiger partial charge in [-0.15, -0.1) is 11.3 Å². The predicted octanol–water partition coefficient (Wildman–Crippen LogP) is 2.35. The van der Waals surface area contributed by atoms with Crippen LogP contribution in [0.4, 0.5) is 0 Å². The Labute approximate surface area is 130 Å². The minimum absolute atomic E-state index is 0.0394. The molecular weight excluding hydrogens is 284 g/mol. The summed E-state index contributed by atoms with van der Waals surface area (Å²) in [5.74, 6) is 0.118. The maximum atomic E-state index is 12.0. The van der Waals surface area contributed by atoms with Crippen molar-refractivity contribution in [2.45, 2.75) is 43.9 Å². The molecule has 3 rings (SSSR count). The molecule has 1 aromatic rings. The molecule has 1 spiro atoms. The van der Waals surface area contributed by atoms with Crippen molar-refractivity contribution < 1.29 is 9.53 Å². The van der Waals surface area contributed by atoms with E-state index in [1.807, 2.05) is 11.3 Å². The number of hydrogen-bond donors (Lipinski definition) is 0. The number of rotatable bonds is 3. The first-order valence-corrected chi connectivity index (χ1v) is 8.60. The Kier molecular flexibility index (Phi) is 4.33. The molecule has 0 aliphatic carbocycles. The average Bonchev–Trinajstić information content (AvgIpc) is 3.11. The van der Waals surface area contributed by atoms with E-state index >= 15 is 0 Å². The number of likely N-dealkylation sites (N-methyl/N-ethyl adjacent to an activating group) is 1. The fourth-order valence-corrected chi connectivity index (χ4v) is 4.13. The summed E-state index contributed by atoms with van der Waals surface area (Å²) in [5.41, 5.74) is -0.0394. The Morgan fingerprint density at radius 3 is 2.81 bits per heavy atom. The molecule has 1 amide bonds. The van der Waals surface area contributed by atoms with Crippen molar-refractivity contribution in [2.24, 2.45) is 0 Å². The number of carbonyl (C=O) groups is 1. The van der Waals surface area contributed by atoms with E-state index in [0.29, 0.717) is 0 Å². The molecule has 0 N–H and O–H groups in total. The summed E-state index contributed by atoms with van der Waals surface area (Å²) in [6.07, 6.45) is 3.79. The van der Waals surface area contributed by atoms with Crippen molar-refractivity contribution >= 4 is 17.2 Å². The molecule has 1 aromatic heterocycles. The lowest BCUT2D eigenvalue weighted by molar-refractivity contribution is -0.148. The Morgan fingerprint density at radius 1 is 1.43 bits per heavy atom. The zero-order chi connectivity index (χ0) is 14.9. The number of hydrogen-bond acceptors (Lipinski definition) is 4. The number of likely N-dealkylation sites (tertiary alicyclic amines) is 1. The summed E-state index contributed by atoms with van der Waals surface area (Å²) in [5, 5.41) is 2.14. The maximum absolute atomic E-state index is 12.0. The number of thiophene rings is 1. The Balaban J connectivity index is 1.52. The molecule has 0 radical (unpaired) electrons. The van der Waals surface area contributed by atoms with Crippen LogP contribution in [0.1, 0.15) is 30.6 Å². The van der Waals surface area contributed by atoms with E-state index in [9.17, 15) is 4.79 Å². The SMILES string of the molecule is CN(C)C(=O)[C@H]1CCC2(CCN(Cc3cccs3)CC2)O1. The van der Waals surface area contributed by atoms with Gasteiger partial charge in [0.05, 0.1) is 5.60 Å². The highest BCUT2D eigenvalue weighted by atomic mass is 32.1. The smallest absolute Gasteiger partial charge is 0.251 e. The van der Waals surface area contributed by atoms with E-state index in [4.69, 9.17) is 4.74 Å². The third kappa shape index (κ3) is 3.30. The lowest BCUT2D eigenvalue weighted by Gasteiger charge is -2.39. The molecule has 0 bridgehead atoms. The molecule has 4 nitrogen and oxygen atoms in total. The first-order chi connectivity index (χ1) is 10.1. The summed E-state index contributed by atoms with van der Waals surface area (Å²) in [6, 6.07) is 4.32. The van der Waals surface area contributed by atoms with Crippen LogP contribution in [0.2, 0.25) is 0 Å². The molecule has 116 valence electrons. The summed E-state index contributed by atoms with van der Waals surface area (Å²) >= 11 is 1.82. The van der Waals surface area contributed by atoms with Crippen LogP contribution in [0.5, 0.6) is 0 Å². The predicted molar refractivity (Wildman–Crippen MR) is 84.4 cm³/mol. The van der Waals surface area contributed by atoms with Crippen LogP contribution < -0.4 is 0 Å². The largest absolute Gasteiger partial charge is 0.362 e. The second-order valence-electron chi connectivity index (χ2n) is 6.42. The summed E-state index contributed by atoms with van der Waals surface area (Å²) < 4.78 is 6.18. The molecule has 2 saturated heterocycles. The lowest BCUT2D eigenvalue weighted by atomic mass is 9.88. The van der Waals surface area contributed by atoms with Crippen molar-refractivity contribution in [3.8, 4) is 0 Å². The van der Waals surface area contributed by atoms with E-state index in [1.54, 1.807) is 19.0 Å². The van der Waals surface area contributed by atoms with Gasteiger partial charge in [-0.2, -0.15) is 0 Å². The van der Waals surface area contributed by atoms with Gasteiger partial charge in [0.2, 0.25) is 0 Å². The standard InChI is InChI=1S/C16H24N2O2S/c1-17(2)15(19)14-5-6-16(20-14)7-9-18(10-8-16)12-13-4-3-11-21-13/h3-4,11,14H,5-10,12H2,1-2H3/t14-/m1/s1. The van der Waals surface area contributed by atoms with Crippen molar-refractivity contribution in [1.29, 1.82) is 0 Å². The van der Waals surface area contributed by atoms with E-state index in [1.165, 1.54) is 4.88 Å². The molecule has 0 saturated carbocycles. The van der Waals surface area contributed by atoms with Crippen LogP contribution in [0.3, 0.4) is 0 Å². The highest BCUT2D eigenvalue weighted by Crippen LogP contribution is 2.39.